The van der Waals surface area contributed by atoms with Gasteiger partial charge in [0.25, 0.3) is 5.91 Å². The van der Waals surface area contributed by atoms with E-state index in [1.165, 1.54) is 19.4 Å². The van der Waals surface area contributed by atoms with E-state index in [0.717, 1.165) is 25.3 Å². The second kappa shape index (κ2) is 7.76. The van der Waals surface area contributed by atoms with Crippen LogP contribution in [-0.2, 0) is 9.53 Å². The minimum absolute atomic E-state index is 0.180. The van der Waals surface area contributed by atoms with Crippen LogP contribution in [0.5, 0.6) is 0 Å². The predicted molar refractivity (Wildman–Crippen MR) is 106 cm³/mol. The SMILES string of the molecule is CC(C)(C)OC(=O)CNC(=O)c1cc(N2CCN3CCCC3C2)ccc1N. The highest BCUT2D eigenvalue weighted by Gasteiger charge is 2.30. The smallest absolute Gasteiger partial charge is 0.325 e. The van der Waals surface area contributed by atoms with E-state index >= 15 is 0 Å². The number of esters is 1. The number of fused-ring (bicyclic) bond motifs is 1. The minimum Gasteiger partial charge on any atom is -0.459 e. The van der Waals surface area contributed by atoms with E-state index in [9.17, 15) is 9.59 Å². The number of piperazine rings is 1. The molecule has 1 aromatic carbocycles. The molecule has 3 N–H and O–H groups in total. The Morgan fingerprint density at radius 1 is 1.26 bits per heavy atom. The van der Waals surface area contributed by atoms with E-state index in [1.54, 1.807) is 26.8 Å². The van der Waals surface area contributed by atoms with Crippen LogP contribution in [0.2, 0.25) is 0 Å². The lowest BCUT2D eigenvalue weighted by molar-refractivity contribution is -0.153. The van der Waals surface area contributed by atoms with Gasteiger partial charge in [-0.1, -0.05) is 0 Å². The quantitative estimate of drug-likeness (QED) is 0.615. The highest BCUT2D eigenvalue weighted by Crippen LogP contribution is 2.27. The van der Waals surface area contributed by atoms with Gasteiger partial charge in [-0.15, -0.1) is 0 Å². The van der Waals surface area contributed by atoms with Crippen molar-refractivity contribution in [1.82, 2.24) is 10.2 Å². The summed E-state index contributed by atoms with van der Waals surface area (Å²) in [6.45, 7) is 9.35. The number of carbonyl (C=O) groups is 2. The van der Waals surface area contributed by atoms with E-state index in [4.69, 9.17) is 10.5 Å². The van der Waals surface area contributed by atoms with Crippen molar-refractivity contribution in [3.05, 3.63) is 23.8 Å². The first-order chi connectivity index (χ1) is 12.7. The summed E-state index contributed by atoms with van der Waals surface area (Å²) in [4.78, 5) is 29.2. The average molecular weight is 374 g/mol. The van der Waals surface area contributed by atoms with Crippen molar-refractivity contribution in [2.75, 3.05) is 43.4 Å². The fourth-order valence-electron chi connectivity index (χ4n) is 3.79. The van der Waals surface area contributed by atoms with Crippen LogP contribution in [0.1, 0.15) is 44.0 Å². The van der Waals surface area contributed by atoms with Gasteiger partial charge in [-0.3, -0.25) is 14.5 Å². The number of rotatable bonds is 4. The molecule has 2 heterocycles. The standard InChI is InChI=1S/C20H30N4O3/c1-20(2,3)27-18(25)12-22-19(26)16-11-14(6-7-17(16)21)24-10-9-23-8-4-5-15(23)13-24/h6-7,11,15H,4-5,8-10,12-13,21H2,1-3H3,(H,22,26). The number of benzene rings is 1. The Kier molecular flexibility index (Phi) is 5.60. The predicted octanol–water partition coefficient (Wildman–Crippen LogP) is 1.62. The third-order valence-electron chi connectivity index (χ3n) is 5.05. The van der Waals surface area contributed by atoms with Gasteiger partial charge in [0.1, 0.15) is 12.1 Å². The molecule has 3 rings (SSSR count). The van der Waals surface area contributed by atoms with Gasteiger partial charge in [0, 0.05) is 37.1 Å². The fourth-order valence-corrected chi connectivity index (χ4v) is 3.79. The molecule has 7 heteroatoms. The Labute approximate surface area is 160 Å². The molecule has 0 aromatic heterocycles. The van der Waals surface area contributed by atoms with Crippen molar-refractivity contribution >= 4 is 23.3 Å². The van der Waals surface area contributed by atoms with Crippen LogP contribution in [0.4, 0.5) is 11.4 Å². The molecule has 148 valence electrons. The number of amides is 1. The summed E-state index contributed by atoms with van der Waals surface area (Å²) < 4.78 is 5.22. The number of nitrogens with zero attached hydrogens (tertiary/aromatic N) is 2. The minimum atomic E-state index is -0.580. The van der Waals surface area contributed by atoms with Gasteiger partial charge in [0.05, 0.1) is 5.56 Å². The molecular weight excluding hydrogens is 344 g/mol. The number of carbonyl (C=O) groups excluding carboxylic acids is 2. The molecule has 0 radical (unpaired) electrons. The molecule has 1 aromatic rings. The summed E-state index contributed by atoms with van der Waals surface area (Å²) in [5, 5.41) is 2.61. The Morgan fingerprint density at radius 2 is 2.04 bits per heavy atom. The van der Waals surface area contributed by atoms with E-state index in [2.05, 4.69) is 15.1 Å². The lowest BCUT2D eigenvalue weighted by Gasteiger charge is -2.39. The number of nitrogens with one attached hydrogen (secondary N) is 1. The van der Waals surface area contributed by atoms with Crippen molar-refractivity contribution in [3.63, 3.8) is 0 Å². The average Bonchev–Trinajstić information content (AvgIpc) is 3.06. The van der Waals surface area contributed by atoms with Crippen LogP contribution in [0, 0.1) is 0 Å². The number of ether oxygens (including phenoxy) is 1. The number of hydrogen-bond donors (Lipinski definition) is 2. The molecule has 2 fully saturated rings. The van der Waals surface area contributed by atoms with Crippen LogP contribution in [-0.4, -0.2) is 61.1 Å². The maximum Gasteiger partial charge on any atom is 0.325 e. The molecule has 27 heavy (non-hydrogen) atoms. The Morgan fingerprint density at radius 3 is 2.78 bits per heavy atom. The van der Waals surface area contributed by atoms with Crippen LogP contribution < -0.4 is 16.0 Å². The van der Waals surface area contributed by atoms with Crippen LogP contribution in [0.25, 0.3) is 0 Å². The second-order valence-electron chi connectivity index (χ2n) is 8.32. The number of anilines is 2. The van der Waals surface area contributed by atoms with Crippen LogP contribution >= 0.6 is 0 Å². The molecule has 2 aliphatic rings. The molecule has 0 bridgehead atoms. The number of nitrogen functional groups attached to an aromatic ring is 1. The summed E-state index contributed by atoms with van der Waals surface area (Å²) in [6.07, 6.45) is 2.49. The monoisotopic (exact) mass is 374 g/mol. The molecule has 1 amide bonds. The maximum absolute atomic E-state index is 12.5. The molecule has 0 spiro atoms. The van der Waals surface area contributed by atoms with Gasteiger partial charge < -0.3 is 20.7 Å². The maximum atomic E-state index is 12.5. The van der Waals surface area contributed by atoms with Crippen molar-refractivity contribution in [2.24, 2.45) is 0 Å². The summed E-state index contributed by atoms with van der Waals surface area (Å²) in [5.74, 6) is -0.831. The third-order valence-corrected chi connectivity index (χ3v) is 5.05. The largest absolute Gasteiger partial charge is 0.459 e. The van der Waals surface area contributed by atoms with Crippen molar-refractivity contribution in [3.8, 4) is 0 Å². The normalized spacial score (nSPS) is 20.3. The third kappa shape index (κ3) is 4.91. The van der Waals surface area contributed by atoms with Gasteiger partial charge in [-0.05, 0) is 58.4 Å². The van der Waals surface area contributed by atoms with Gasteiger partial charge in [-0.25, -0.2) is 0 Å². The molecule has 0 aliphatic carbocycles. The second-order valence-corrected chi connectivity index (χ2v) is 8.32. The van der Waals surface area contributed by atoms with E-state index in [0.29, 0.717) is 17.3 Å². The summed E-state index contributed by atoms with van der Waals surface area (Å²) in [5.41, 5.74) is 7.22. The summed E-state index contributed by atoms with van der Waals surface area (Å²) in [7, 11) is 0. The Hall–Kier alpha value is -2.28. The molecule has 2 aliphatic heterocycles. The molecule has 7 nitrogen and oxygen atoms in total. The zero-order valence-electron chi connectivity index (χ0n) is 16.5. The Balaban J connectivity index is 1.64. The summed E-state index contributed by atoms with van der Waals surface area (Å²) >= 11 is 0. The van der Waals surface area contributed by atoms with Crippen molar-refractivity contribution in [2.45, 2.75) is 45.3 Å². The lowest BCUT2D eigenvalue weighted by atomic mass is 10.1. The van der Waals surface area contributed by atoms with Crippen LogP contribution in [0.15, 0.2) is 18.2 Å². The number of nitrogens with two attached hydrogens (primary N) is 1. The first-order valence-corrected chi connectivity index (χ1v) is 9.61. The fraction of sp³-hybridized carbons (Fsp3) is 0.600. The van der Waals surface area contributed by atoms with Crippen molar-refractivity contribution in [1.29, 1.82) is 0 Å². The van der Waals surface area contributed by atoms with E-state index in [1.807, 2.05) is 12.1 Å². The molecule has 1 unspecified atom stereocenters. The topological polar surface area (TPSA) is 87.9 Å². The molecular formula is C20H30N4O3. The molecule has 2 saturated heterocycles. The zero-order chi connectivity index (χ0) is 19.6. The summed E-state index contributed by atoms with van der Waals surface area (Å²) in [6, 6.07) is 6.15. The lowest BCUT2D eigenvalue weighted by Crippen LogP contribution is -2.50. The van der Waals surface area contributed by atoms with Crippen molar-refractivity contribution < 1.29 is 14.3 Å². The van der Waals surface area contributed by atoms with Crippen LogP contribution in [0.3, 0.4) is 0 Å². The Bertz CT molecular complexity index is 714. The van der Waals surface area contributed by atoms with Gasteiger partial charge in [0.2, 0.25) is 0 Å². The van der Waals surface area contributed by atoms with E-state index < -0.39 is 11.6 Å². The highest BCUT2D eigenvalue weighted by molar-refractivity contribution is 6.01. The first kappa shape index (κ1) is 19.5. The molecule has 1 atom stereocenters. The van der Waals surface area contributed by atoms with Gasteiger partial charge >= 0.3 is 5.97 Å². The molecule has 0 saturated carbocycles. The zero-order valence-corrected chi connectivity index (χ0v) is 16.5. The number of hydrogen-bond acceptors (Lipinski definition) is 6. The highest BCUT2D eigenvalue weighted by atomic mass is 16.6. The first-order valence-electron chi connectivity index (χ1n) is 9.61. The van der Waals surface area contributed by atoms with Gasteiger partial charge in [-0.2, -0.15) is 0 Å². The van der Waals surface area contributed by atoms with E-state index in [-0.39, 0.29) is 12.5 Å². The van der Waals surface area contributed by atoms with Gasteiger partial charge in [0.15, 0.2) is 0 Å².